The van der Waals surface area contributed by atoms with Crippen LogP contribution in [0.15, 0.2) is 17.5 Å². The number of carbonyl (C=O) groups is 1. The van der Waals surface area contributed by atoms with Crippen molar-refractivity contribution in [3.8, 4) is 0 Å². The number of likely N-dealkylation sites (tertiary alicyclic amines) is 1. The number of nitrogens with two attached hydrogens (primary N) is 1. The van der Waals surface area contributed by atoms with Gasteiger partial charge in [0.2, 0.25) is 5.91 Å². The Labute approximate surface area is 123 Å². The number of hydrogen-bond acceptors (Lipinski definition) is 3. The third kappa shape index (κ3) is 4.28. The molecule has 0 bridgehead atoms. The molecule has 2 heterocycles. The molecule has 1 aromatic heterocycles. The molecule has 104 valence electrons. The summed E-state index contributed by atoms with van der Waals surface area (Å²) in [6, 6.07) is 4.18. The number of hydrogen-bond donors (Lipinski definition) is 1. The van der Waals surface area contributed by atoms with E-state index in [9.17, 15) is 4.79 Å². The van der Waals surface area contributed by atoms with Gasteiger partial charge in [-0.05, 0) is 37.1 Å². The summed E-state index contributed by atoms with van der Waals surface area (Å²) in [6.07, 6.45) is 4.58. The Hall–Kier alpha value is -0.940. The topological polar surface area (TPSA) is 46.3 Å². The van der Waals surface area contributed by atoms with Crippen LogP contribution in [0.3, 0.4) is 0 Å². The summed E-state index contributed by atoms with van der Waals surface area (Å²) in [4.78, 5) is 16.0. The predicted molar refractivity (Wildman–Crippen MR) is 83.3 cm³/mol. The van der Waals surface area contributed by atoms with Crippen LogP contribution in [0.5, 0.6) is 0 Å². The minimum Gasteiger partial charge on any atom is -0.393 e. The number of rotatable bonds is 5. The highest BCUT2D eigenvalue weighted by molar-refractivity contribution is 7.80. The Kier molecular flexibility index (Phi) is 5.34. The lowest BCUT2D eigenvalue weighted by Crippen LogP contribution is -2.43. The van der Waals surface area contributed by atoms with Gasteiger partial charge < -0.3 is 10.6 Å². The number of thiocarbonyl (C=S) groups is 1. The van der Waals surface area contributed by atoms with Crippen molar-refractivity contribution in [3.05, 3.63) is 22.4 Å². The maximum atomic E-state index is 12.1. The van der Waals surface area contributed by atoms with E-state index < -0.39 is 0 Å². The summed E-state index contributed by atoms with van der Waals surface area (Å²) >= 11 is 6.79. The van der Waals surface area contributed by atoms with Crippen molar-refractivity contribution in [3.63, 3.8) is 0 Å². The Balaban J connectivity index is 1.74. The smallest absolute Gasteiger partial charge is 0.222 e. The van der Waals surface area contributed by atoms with Crippen LogP contribution in [0.25, 0.3) is 0 Å². The van der Waals surface area contributed by atoms with E-state index in [-0.39, 0.29) is 11.8 Å². The highest BCUT2D eigenvalue weighted by Gasteiger charge is 2.24. The summed E-state index contributed by atoms with van der Waals surface area (Å²) in [5.74, 6) is 0.461. The molecule has 19 heavy (non-hydrogen) atoms. The van der Waals surface area contributed by atoms with Crippen molar-refractivity contribution >= 4 is 34.5 Å². The number of piperidine rings is 1. The molecular formula is C14H20N2OS2. The van der Waals surface area contributed by atoms with E-state index in [4.69, 9.17) is 18.0 Å². The molecule has 1 saturated heterocycles. The highest BCUT2D eigenvalue weighted by Crippen LogP contribution is 2.18. The van der Waals surface area contributed by atoms with Crippen molar-refractivity contribution < 1.29 is 4.79 Å². The standard InChI is InChI=1S/C14H20N2OS2/c15-14(18)11-4-2-8-16(10-11)13(17)7-1-5-12-6-3-9-19-12/h3,6,9,11H,1-2,4-5,7-8,10H2,(H2,15,18). The summed E-state index contributed by atoms with van der Waals surface area (Å²) < 4.78 is 0. The molecule has 3 nitrogen and oxygen atoms in total. The summed E-state index contributed by atoms with van der Waals surface area (Å²) in [5, 5.41) is 2.08. The fraction of sp³-hybridized carbons (Fsp3) is 0.571. The van der Waals surface area contributed by atoms with E-state index >= 15 is 0 Å². The third-order valence-corrected chi connectivity index (χ3v) is 4.84. The van der Waals surface area contributed by atoms with Gasteiger partial charge in [0.1, 0.15) is 0 Å². The molecule has 1 unspecified atom stereocenters. The Morgan fingerprint density at radius 1 is 1.58 bits per heavy atom. The second kappa shape index (κ2) is 7.01. The van der Waals surface area contributed by atoms with Gasteiger partial charge in [-0.25, -0.2) is 0 Å². The summed E-state index contributed by atoms with van der Waals surface area (Å²) in [6.45, 7) is 1.57. The van der Waals surface area contributed by atoms with Crippen LogP contribution in [0.1, 0.15) is 30.6 Å². The maximum Gasteiger partial charge on any atom is 0.222 e. The molecule has 1 aliphatic heterocycles. The quantitative estimate of drug-likeness (QED) is 0.850. The van der Waals surface area contributed by atoms with Gasteiger partial charge in [0.15, 0.2) is 0 Å². The Bertz CT molecular complexity index is 431. The van der Waals surface area contributed by atoms with Crippen LogP contribution in [-0.4, -0.2) is 28.9 Å². The van der Waals surface area contributed by atoms with Crippen molar-refractivity contribution in [1.29, 1.82) is 0 Å². The lowest BCUT2D eigenvalue weighted by Gasteiger charge is -2.32. The number of aryl methyl sites for hydroxylation is 1. The molecule has 0 saturated carbocycles. The molecule has 1 amide bonds. The number of nitrogens with zero attached hydrogens (tertiary/aromatic N) is 1. The molecule has 0 aromatic carbocycles. The van der Waals surface area contributed by atoms with E-state index in [1.165, 1.54) is 4.88 Å². The zero-order valence-corrected chi connectivity index (χ0v) is 12.6. The van der Waals surface area contributed by atoms with Crippen molar-refractivity contribution in [2.45, 2.75) is 32.1 Å². The van der Waals surface area contributed by atoms with E-state index in [0.717, 1.165) is 32.2 Å². The minimum atomic E-state index is 0.213. The molecule has 0 spiro atoms. The number of carbonyl (C=O) groups excluding carboxylic acids is 1. The molecule has 5 heteroatoms. The first-order chi connectivity index (χ1) is 9.16. The molecule has 1 aromatic rings. The minimum absolute atomic E-state index is 0.213. The number of thiophene rings is 1. The predicted octanol–water partition coefficient (Wildman–Crippen LogP) is 2.60. The highest BCUT2D eigenvalue weighted by atomic mass is 32.1. The van der Waals surface area contributed by atoms with Gasteiger partial charge in [-0.15, -0.1) is 11.3 Å². The van der Waals surface area contributed by atoms with Gasteiger partial charge in [0, 0.05) is 30.3 Å². The maximum absolute atomic E-state index is 12.1. The first-order valence-electron chi connectivity index (χ1n) is 6.76. The lowest BCUT2D eigenvalue weighted by atomic mass is 9.97. The summed E-state index contributed by atoms with van der Waals surface area (Å²) in [7, 11) is 0. The fourth-order valence-corrected chi connectivity index (χ4v) is 3.41. The second-order valence-corrected chi connectivity index (χ2v) is 6.52. The van der Waals surface area contributed by atoms with Gasteiger partial charge in [0.05, 0.1) is 4.99 Å². The second-order valence-electron chi connectivity index (χ2n) is 5.01. The zero-order chi connectivity index (χ0) is 13.7. The fourth-order valence-electron chi connectivity index (χ4n) is 2.46. The first kappa shape index (κ1) is 14.5. The monoisotopic (exact) mass is 296 g/mol. The molecule has 0 radical (unpaired) electrons. The van der Waals surface area contributed by atoms with Crippen LogP contribution in [0.4, 0.5) is 0 Å². The van der Waals surface area contributed by atoms with Crippen molar-refractivity contribution in [1.82, 2.24) is 4.90 Å². The molecule has 1 atom stereocenters. The van der Waals surface area contributed by atoms with Gasteiger partial charge >= 0.3 is 0 Å². The zero-order valence-electron chi connectivity index (χ0n) is 11.0. The molecular weight excluding hydrogens is 276 g/mol. The van der Waals surface area contributed by atoms with E-state index in [0.29, 0.717) is 18.0 Å². The van der Waals surface area contributed by atoms with Crippen molar-refractivity contribution in [2.75, 3.05) is 13.1 Å². The van der Waals surface area contributed by atoms with E-state index in [2.05, 4.69) is 17.5 Å². The lowest BCUT2D eigenvalue weighted by molar-refractivity contribution is -0.132. The van der Waals surface area contributed by atoms with Crippen LogP contribution in [-0.2, 0) is 11.2 Å². The molecule has 0 aliphatic carbocycles. The SMILES string of the molecule is NC(=S)C1CCCN(C(=O)CCCc2cccs2)C1. The molecule has 2 N–H and O–H groups in total. The average molecular weight is 296 g/mol. The van der Waals surface area contributed by atoms with Gasteiger partial charge in [-0.1, -0.05) is 18.3 Å². The first-order valence-corrected chi connectivity index (χ1v) is 8.05. The van der Waals surface area contributed by atoms with Crippen LogP contribution >= 0.6 is 23.6 Å². The largest absolute Gasteiger partial charge is 0.393 e. The van der Waals surface area contributed by atoms with Gasteiger partial charge in [-0.2, -0.15) is 0 Å². The van der Waals surface area contributed by atoms with Gasteiger partial charge in [0.25, 0.3) is 0 Å². The molecule has 2 rings (SSSR count). The Morgan fingerprint density at radius 3 is 3.11 bits per heavy atom. The normalized spacial score (nSPS) is 19.4. The van der Waals surface area contributed by atoms with Gasteiger partial charge in [-0.3, -0.25) is 4.79 Å². The molecule has 1 aliphatic rings. The van der Waals surface area contributed by atoms with Crippen LogP contribution < -0.4 is 5.73 Å². The van der Waals surface area contributed by atoms with Crippen LogP contribution in [0.2, 0.25) is 0 Å². The van der Waals surface area contributed by atoms with Crippen LogP contribution in [0, 0.1) is 5.92 Å². The van der Waals surface area contributed by atoms with E-state index in [1.54, 1.807) is 11.3 Å². The number of amides is 1. The molecule has 1 fully saturated rings. The van der Waals surface area contributed by atoms with E-state index in [1.807, 2.05) is 4.90 Å². The third-order valence-electron chi connectivity index (χ3n) is 3.57. The average Bonchev–Trinajstić information content (AvgIpc) is 2.92. The Morgan fingerprint density at radius 2 is 2.42 bits per heavy atom. The van der Waals surface area contributed by atoms with Crippen molar-refractivity contribution in [2.24, 2.45) is 11.7 Å². The summed E-state index contributed by atoms with van der Waals surface area (Å²) in [5.41, 5.74) is 5.69.